The summed E-state index contributed by atoms with van der Waals surface area (Å²) in [5.41, 5.74) is 1.45. The van der Waals surface area contributed by atoms with Crippen molar-refractivity contribution in [1.29, 1.82) is 0 Å². The molecule has 3 nitrogen and oxygen atoms in total. The Morgan fingerprint density at radius 1 is 1.47 bits per heavy atom. The first-order chi connectivity index (χ1) is 6.99. The first-order valence-corrected chi connectivity index (χ1v) is 4.98. The van der Waals surface area contributed by atoms with Gasteiger partial charge in [0.05, 0.1) is 5.60 Å². The van der Waals surface area contributed by atoms with Gasteiger partial charge in [0.1, 0.15) is 0 Å². The van der Waals surface area contributed by atoms with E-state index in [9.17, 15) is 4.79 Å². The smallest absolute Gasteiger partial charge is 0.337 e. The van der Waals surface area contributed by atoms with Gasteiger partial charge in [-0.15, -0.1) is 0 Å². The second-order valence-electron chi connectivity index (χ2n) is 4.47. The zero-order valence-corrected chi connectivity index (χ0v) is 8.86. The van der Waals surface area contributed by atoms with Gasteiger partial charge in [0.15, 0.2) is 6.10 Å². The Hall–Kier alpha value is -1.35. The number of ether oxygens (including phenoxy) is 1. The number of carboxylic acids is 1. The van der Waals surface area contributed by atoms with Crippen LogP contribution in [0, 0.1) is 0 Å². The van der Waals surface area contributed by atoms with Crippen molar-refractivity contribution in [3.8, 4) is 0 Å². The van der Waals surface area contributed by atoms with Crippen LogP contribution in [0.15, 0.2) is 24.3 Å². The van der Waals surface area contributed by atoms with Crippen LogP contribution in [0.3, 0.4) is 0 Å². The van der Waals surface area contributed by atoms with Crippen molar-refractivity contribution in [1.82, 2.24) is 0 Å². The van der Waals surface area contributed by atoms with E-state index in [0.29, 0.717) is 0 Å². The van der Waals surface area contributed by atoms with E-state index in [2.05, 4.69) is 0 Å². The maximum absolute atomic E-state index is 11.1. The highest BCUT2D eigenvalue weighted by Gasteiger charge is 2.36. The van der Waals surface area contributed by atoms with Crippen LogP contribution in [0.1, 0.15) is 31.1 Å². The summed E-state index contributed by atoms with van der Waals surface area (Å²) in [5.74, 6) is -0.921. The molecule has 0 radical (unpaired) electrons. The van der Waals surface area contributed by atoms with Gasteiger partial charge in [-0.1, -0.05) is 24.3 Å². The van der Waals surface area contributed by atoms with E-state index in [1.807, 2.05) is 38.1 Å². The average Bonchev–Trinajstić information content (AvgIpc) is 2.14. The summed E-state index contributed by atoms with van der Waals surface area (Å²) in [4.78, 5) is 11.1. The molecule has 0 saturated carbocycles. The van der Waals surface area contributed by atoms with Crippen molar-refractivity contribution in [2.24, 2.45) is 0 Å². The Kier molecular flexibility index (Phi) is 2.27. The second kappa shape index (κ2) is 3.35. The largest absolute Gasteiger partial charge is 0.479 e. The molecule has 0 amide bonds. The molecule has 1 N–H and O–H groups in total. The summed E-state index contributed by atoms with van der Waals surface area (Å²) in [7, 11) is 0. The summed E-state index contributed by atoms with van der Waals surface area (Å²) in [5, 5.41) is 9.09. The van der Waals surface area contributed by atoms with Crippen molar-refractivity contribution in [3.63, 3.8) is 0 Å². The predicted octanol–water partition coefficient (Wildman–Crippen LogP) is 2.16. The van der Waals surface area contributed by atoms with E-state index < -0.39 is 17.7 Å². The maximum atomic E-state index is 11.1. The Morgan fingerprint density at radius 2 is 2.13 bits per heavy atom. The fraction of sp³-hybridized carbons (Fsp3) is 0.417. The Morgan fingerprint density at radius 3 is 2.80 bits per heavy atom. The Balaban J connectivity index is 2.47. The fourth-order valence-electron chi connectivity index (χ4n) is 2.02. The molecule has 1 aliphatic heterocycles. The molecule has 0 bridgehead atoms. The third-order valence-electron chi connectivity index (χ3n) is 2.61. The third-order valence-corrected chi connectivity index (χ3v) is 2.61. The number of fused-ring (bicyclic) bond motifs is 1. The number of benzene rings is 1. The number of hydrogen-bond acceptors (Lipinski definition) is 2. The molecule has 0 fully saturated rings. The molecule has 1 aromatic rings. The van der Waals surface area contributed by atoms with E-state index in [1.165, 1.54) is 0 Å². The minimum atomic E-state index is -0.921. The van der Waals surface area contributed by atoms with Crippen LogP contribution in [0.2, 0.25) is 0 Å². The van der Waals surface area contributed by atoms with Crippen LogP contribution < -0.4 is 0 Å². The van der Waals surface area contributed by atoms with E-state index >= 15 is 0 Å². The Bertz CT molecular complexity index is 396. The normalized spacial score (nSPS) is 23.2. The monoisotopic (exact) mass is 206 g/mol. The van der Waals surface area contributed by atoms with Gasteiger partial charge in [-0.25, -0.2) is 4.79 Å². The van der Waals surface area contributed by atoms with Crippen molar-refractivity contribution >= 4 is 5.97 Å². The number of hydrogen-bond donors (Lipinski definition) is 1. The minimum absolute atomic E-state index is 0.405. The summed E-state index contributed by atoms with van der Waals surface area (Å²) in [6, 6.07) is 7.56. The first kappa shape index (κ1) is 10.2. The SMILES string of the molecule is CC1(C)Cc2ccccc2C(C(=O)O)O1. The highest BCUT2D eigenvalue weighted by atomic mass is 16.5. The molecule has 0 aromatic heterocycles. The molecule has 3 heteroatoms. The van der Waals surface area contributed by atoms with Crippen LogP contribution in [0.25, 0.3) is 0 Å². The molecule has 1 aliphatic rings. The third kappa shape index (κ3) is 1.88. The highest BCUT2D eigenvalue weighted by Crippen LogP contribution is 2.35. The zero-order valence-electron chi connectivity index (χ0n) is 8.86. The van der Waals surface area contributed by atoms with E-state index in [4.69, 9.17) is 9.84 Å². The number of carboxylic acid groups (broad SMARTS) is 1. The molecule has 1 heterocycles. The van der Waals surface area contributed by atoms with Gasteiger partial charge in [-0.2, -0.15) is 0 Å². The quantitative estimate of drug-likeness (QED) is 0.765. The lowest BCUT2D eigenvalue weighted by atomic mass is 9.88. The summed E-state index contributed by atoms with van der Waals surface area (Å²) < 4.78 is 5.56. The van der Waals surface area contributed by atoms with Gasteiger partial charge in [0, 0.05) is 6.42 Å². The van der Waals surface area contributed by atoms with Crippen LogP contribution in [0.4, 0.5) is 0 Å². The van der Waals surface area contributed by atoms with Crippen molar-refractivity contribution in [2.75, 3.05) is 0 Å². The predicted molar refractivity (Wildman–Crippen MR) is 55.7 cm³/mol. The van der Waals surface area contributed by atoms with Crippen LogP contribution in [0.5, 0.6) is 0 Å². The van der Waals surface area contributed by atoms with Gasteiger partial charge in [-0.05, 0) is 25.0 Å². The van der Waals surface area contributed by atoms with Crippen LogP contribution in [-0.2, 0) is 16.0 Å². The number of rotatable bonds is 1. The van der Waals surface area contributed by atoms with E-state index in [1.54, 1.807) is 0 Å². The molecule has 2 rings (SSSR count). The maximum Gasteiger partial charge on any atom is 0.337 e. The van der Waals surface area contributed by atoms with Crippen LogP contribution in [-0.4, -0.2) is 16.7 Å². The molecular formula is C12H14O3. The standard InChI is InChI=1S/C12H14O3/c1-12(2)7-8-5-3-4-6-9(8)10(15-12)11(13)14/h3-6,10H,7H2,1-2H3,(H,13,14). The Labute approximate surface area is 88.7 Å². The lowest BCUT2D eigenvalue weighted by Crippen LogP contribution is -2.37. The van der Waals surface area contributed by atoms with E-state index in [0.717, 1.165) is 17.5 Å². The molecule has 15 heavy (non-hydrogen) atoms. The van der Waals surface area contributed by atoms with Gasteiger partial charge < -0.3 is 9.84 Å². The fourth-order valence-corrected chi connectivity index (χ4v) is 2.02. The summed E-state index contributed by atoms with van der Waals surface area (Å²) in [6.45, 7) is 3.83. The molecule has 0 spiro atoms. The second-order valence-corrected chi connectivity index (χ2v) is 4.47. The van der Waals surface area contributed by atoms with Crippen LogP contribution >= 0.6 is 0 Å². The van der Waals surface area contributed by atoms with Gasteiger partial charge in [-0.3, -0.25) is 0 Å². The number of aliphatic carboxylic acids is 1. The molecular weight excluding hydrogens is 192 g/mol. The summed E-state index contributed by atoms with van der Waals surface area (Å²) >= 11 is 0. The molecule has 1 atom stereocenters. The van der Waals surface area contributed by atoms with Crippen molar-refractivity contribution < 1.29 is 14.6 Å². The minimum Gasteiger partial charge on any atom is -0.479 e. The molecule has 1 unspecified atom stereocenters. The molecule has 0 saturated heterocycles. The van der Waals surface area contributed by atoms with Gasteiger partial charge in [0.2, 0.25) is 0 Å². The van der Waals surface area contributed by atoms with E-state index in [-0.39, 0.29) is 0 Å². The first-order valence-electron chi connectivity index (χ1n) is 4.98. The highest BCUT2D eigenvalue weighted by molar-refractivity contribution is 5.75. The zero-order chi connectivity index (χ0) is 11.1. The molecule has 1 aromatic carbocycles. The van der Waals surface area contributed by atoms with Gasteiger partial charge in [0.25, 0.3) is 0 Å². The molecule has 0 aliphatic carbocycles. The number of carbonyl (C=O) groups is 1. The average molecular weight is 206 g/mol. The van der Waals surface area contributed by atoms with Crippen molar-refractivity contribution in [3.05, 3.63) is 35.4 Å². The summed E-state index contributed by atoms with van der Waals surface area (Å²) in [6.07, 6.45) is -0.0719. The topological polar surface area (TPSA) is 46.5 Å². The lowest BCUT2D eigenvalue weighted by Gasteiger charge is -2.35. The van der Waals surface area contributed by atoms with Gasteiger partial charge >= 0.3 is 5.97 Å². The van der Waals surface area contributed by atoms with Crippen molar-refractivity contribution in [2.45, 2.75) is 32.0 Å². The molecule has 80 valence electrons. The lowest BCUT2D eigenvalue weighted by molar-refractivity contribution is -0.164.